The maximum Gasteiger partial charge on any atom is 0.407 e. The molecule has 2 aromatic rings. The maximum atomic E-state index is 12.6. The highest BCUT2D eigenvalue weighted by molar-refractivity contribution is 5.84. The molecule has 1 aliphatic rings. The van der Waals surface area contributed by atoms with E-state index in [1.807, 2.05) is 43.3 Å². The summed E-state index contributed by atoms with van der Waals surface area (Å²) >= 11 is 0. The van der Waals surface area contributed by atoms with Crippen molar-refractivity contribution in [1.29, 1.82) is 0 Å². The number of aliphatic hydroxyl groups is 1. The Bertz CT molecular complexity index is 947. The summed E-state index contributed by atoms with van der Waals surface area (Å²) in [6.45, 7) is 1.45. The molecule has 0 radical (unpaired) electrons. The molecule has 4 N–H and O–H groups in total. The summed E-state index contributed by atoms with van der Waals surface area (Å²) in [6.07, 6.45) is 1.48. The molecule has 0 heterocycles. The average Bonchev–Trinajstić information content (AvgIpc) is 3.13. The maximum absolute atomic E-state index is 12.6. The second-order valence-electron chi connectivity index (χ2n) is 8.15. The summed E-state index contributed by atoms with van der Waals surface area (Å²) in [7, 11) is 0. The van der Waals surface area contributed by atoms with Gasteiger partial charge in [-0.3, -0.25) is 4.79 Å². The summed E-state index contributed by atoms with van der Waals surface area (Å²) in [5.41, 5.74) is 4.49. The lowest BCUT2D eigenvalue weighted by Crippen LogP contribution is -2.46. The number of hydrogen-bond acceptors (Lipinski definition) is 5. The number of rotatable bonds is 11. The lowest BCUT2D eigenvalue weighted by Gasteiger charge is -2.20. The largest absolute Gasteiger partial charge is 0.480 e. The van der Waals surface area contributed by atoms with Crippen LogP contribution in [0.15, 0.2) is 48.5 Å². The average molecular weight is 455 g/mol. The number of aliphatic carboxylic acids is 1. The van der Waals surface area contributed by atoms with Crippen LogP contribution in [0, 0.1) is 0 Å². The molecule has 8 nitrogen and oxygen atoms in total. The predicted molar refractivity (Wildman–Crippen MR) is 123 cm³/mol. The van der Waals surface area contributed by atoms with Crippen molar-refractivity contribution in [1.82, 2.24) is 10.6 Å². The van der Waals surface area contributed by atoms with Crippen molar-refractivity contribution in [2.45, 2.75) is 50.6 Å². The monoisotopic (exact) mass is 454 g/mol. The molecule has 1 unspecified atom stereocenters. The van der Waals surface area contributed by atoms with Crippen LogP contribution < -0.4 is 10.6 Å². The first-order chi connectivity index (χ1) is 15.9. The predicted octanol–water partition coefficient (Wildman–Crippen LogP) is 3.04. The Balaban J connectivity index is 1.60. The third-order valence-electron chi connectivity index (χ3n) is 5.82. The third-order valence-corrected chi connectivity index (χ3v) is 5.82. The Morgan fingerprint density at radius 3 is 2.15 bits per heavy atom. The number of ether oxygens (including phenoxy) is 1. The summed E-state index contributed by atoms with van der Waals surface area (Å²) in [5, 5.41) is 23.1. The zero-order chi connectivity index (χ0) is 23.8. The minimum absolute atomic E-state index is 0.0681. The fourth-order valence-corrected chi connectivity index (χ4v) is 4.15. The van der Waals surface area contributed by atoms with Gasteiger partial charge in [-0.15, -0.1) is 0 Å². The van der Waals surface area contributed by atoms with Gasteiger partial charge in [0.05, 0.1) is 6.61 Å². The van der Waals surface area contributed by atoms with E-state index in [0.29, 0.717) is 6.42 Å². The summed E-state index contributed by atoms with van der Waals surface area (Å²) < 4.78 is 5.56. The van der Waals surface area contributed by atoms with Crippen LogP contribution in [0.3, 0.4) is 0 Å². The van der Waals surface area contributed by atoms with E-state index in [9.17, 15) is 14.4 Å². The number of carbonyl (C=O) groups is 3. The first-order valence-corrected chi connectivity index (χ1v) is 11.2. The van der Waals surface area contributed by atoms with Crippen molar-refractivity contribution in [2.24, 2.45) is 0 Å². The van der Waals surface area contributed by atoms with Gasteiger partial charge in [0.25, 0.3) is 0 Å². The van der Waals surface area contributed by atoms with Gasteiger partial charge in [0.15, 0.2) is 0 Å². The Labute approximate surface area is 193 Å². The second-order valence-corrected chi connectivity index (χ2v) is 8.15. The number of carboxylic acid groups (broad SMARTS) is 1. The Hall–Kier alpha value is -3.39. The summed E-state index contributed by atoms with van der Waals surface area (Å²) in [4.78, 5) is 35.8. The van der Waals surface area contributed by atoms with Crippen LogP contribution in [0.25, 0.3) is 11.1 Å². The molecular weight excluding hydrogens is 424 g/mol. The Kier molecular flexibility index (Phi) is 8.43. The molecule has 0 aromatic heterocycles. The first-order valence-electron chi connectivity index (χ1n) is 11.2. The van der Waals surface area contributed by atoms with E-state index in [0.717, 1.165) is 35.1 Å². The SMILES string of the molecule is CCCCC(CC(=O)N[C@H](CO)C(=O)O)NC(=O)OCC1c2ccccc2-c2ccccc21. The first kappa shape index (κ1) is 24.3. The molecule has 8 heteroatoms. The van der Waals surface area contributed by atoms with Gasteiger partial charge in [0.1, 0.15) is 12.6 Å². The smallest absolute Gasteiger partial charge is 0.407 e. The zero-order valence-corrected chi connectivity index (χ0v) is 18.6. The molecule has 33 heavy (non-hydrogen) atoms. The quantitative estimate of drug-likeness (QED) is 0.414. The molecule has 2 aromatic carbocycles. The van der Waals surface area contributed by atoms with Crippen molar-refractivity contribution in [3.63, 3.8) is 0 Å². The number of amides is 2. The minimum Gasteiger partial charge on any atom is -0.480 e. The van der Waals surface area contributed by atoms with Crippen molar-refractivity contribution in [2.75, 3.05) is 13.2 Å². The Morgan fingerprint density at radius 2 is 1.61 bits per heavy atom. The lowest BCUT2D eigenvalue weighted by atomic mass is 9.98. The molecule has 176 valence electrons. The van der Waals surface area contributed by atoms with Crippen LogP contribution in [0.2, 0.25) is 0 Å². The highest BCUT2D eigenvalue weighted by atomic mass is 16.5. The number of alkyl carbamates (subject to hydrolysis) is 1. The molecule has 0 saturated carbocycles. The van der Waals surface area contributed by atoms with Crippen molar-refractivity contribution < 1.29 is 29.3 Å². The van der Waals surface area contributed by atoms with Gasteiger partial charge >= 0.3 is 12.1 Å². The van der Waals surface area contributed by atoms with Crippen LogP contribution in [0.4, 0.5) is 4.79 Å². The van der Waals surface area contributed by atoms with Crippen molar-refractivity contribution in [3.05, 3.63) is 59.7 Å². The highest BCUT2D eigenvalue weighted by Gasteiger charge is 2.29. The Morgan fingerprint density at radius 1 is 1.00 bits per heavy atom. The summed E-state index contributed by atoms with van der Waals surface area (Å²) in [5.74, 6) is -1.95. The van der Waals surface area contributed by atoms with Crippen LogP contribution in [0.5, 0.6) is 0 Å². The van der Waals surface area contributed by atoms with Crippen molar-refractivity contribution in [3.8, 4) is 11.1 Å². The van der Waals surface area contributed by atoms with Crippen LogP contribution >= 0.6 is 0 Å². The van der Waals surface area contributed by atoms with E-state index in [1.165, 1.54) is 0 Å². The van der Waals surface area contributed by atoms with Gasteiger partial charge in [-0.25, -0.2) is 9.59 Å². The second kappa shape index (κ2) is 11.5. The minimum atomic E-state index is -1.38. The molecule has 0 spiro atoms. The molecule has 3 rings (SSSR count). The van der Waals surface area contributed by atoms with Gasteiger partial charge in [-0.1, -0.05) is 68.3 Å². The van der Waals surface area contributed by atoms with Gasteiger partial charge in [0.2, 0.25) is 5.91 Å². The van der Waals surface area contributed by atoms with Crippen LogP contribution in [0.1, 0.15) is 49.7 Å². The summed E-state index contributed by atoms with van der Waals surface area (Å²) in [6, 6.07) is 14.2. The molecule has 0 saturated heterocycles. The standard InChI is InChI=1S/C25H30N2O6/c1-2-3-8-16(13-23(29)27-22(14-28)24(30)31)26-25(32)33-15-21-19-11-6-4-9-17(19)18-10-5-7-12-20(18)21/h4-7,9-12,16,21-22,28H,2-3,8,13-15H2,1H3,(H,26,32)(H,27,29)(H,30,31)/t16?,22-/m1/s1. The fraction of sp³-hybridized carbons (Fsp3) is 0.400. The normalized spacial score (nSPS) is 14.0. The topological polar surface area (TPSA) is 125 Å². The molecular formula is C25H30N2O6. The zero-order valence-electron chi connectivity index (χ0n) is 18.6. The van der Waals surface area contributed by atoms with Gasteiger partial charge in [-0.2, -0.15) is 0 Å². The number of fused-ring (bicyclic) bond motifs is 3. The molecule has 0 fully saturated rings. The van der Waals surface area contributed by atoms with Gasteiger partial charge in [0, 0.05) is 18.4 Å². The molecule has 2 amide bonds. The van der Waals surface area contributed by atoms with E-state index in [2.05, 4.69) is 22.8 Å². The number of benzene rings is 2. The number of carbonyl (C=O) groups excluding carboxylic acids is 2. The molecule has 1 aliphatic carbocycles. The number of nitrogens with one attached hydrogen (secondary N) is 2. The highest BCUT2D eigenvalue weighted by Crippen LogP contribution is 2.44. The van der Waals surface area contributed by atoms with Crippen LogP contribution in [-0.4, -0.2) is 53.5 Å². The molecule has 0 aliphatic heterocycles. The lowest BCUT2D eigenvalue weighted by molar-refractivity contribution is -0.143. The van der Waals surface area contributed by atoms with E-state index in [4.69, 9.17) is 14.9 Å². The van der Waals surface area contributed by atoms with E-state index in [-0.39, 0.29) is 18.9 Å². The number of aliphatic hydroxyl groups excluding tert-OH is 1. The van der Waals surface area contributed by atoms with E-state index >= 15 is 0 Å². The number of unbranched alkanes of at least 4 members (excludes halogenated alkanes) is 1. The van der Waals surface area contributed by atoms with Gasteiger partial charge < -0.3 is 25.6 Å². The van der Waals surface area contributed by atoms with E-state index in [1.54, 1.807) is 0 Å². The van der Waals surface area contributed by atoms with E-state index < -0.39 is 36.7 Å². The van der Waals surface area contributed by atoms with Crippen LogP contribution in [-0.2, 0) is 14.3 Å². The molecule has 0 bridgehead atoms. The third kappa shape index (κ3) is 6.10. The van der Waals surface area contributed by atoms with Gasteiger partial charge in [-0.05, 0) is 28.7 Å². The fourth-order valence-electron chi connectivity index (χ4n) is 4.15. The number of carboxylic acids is 1. The van der Waals surface area contributed by atoms with Crippen molar-refractivity contribution >= 4 is 18.0 Å². The molecule has 2 atom stereocenters. The number of hydrogen-bond donors (Lipinski definition) is 4.